The molecular formula is C96H152N8O16. The molecule has 0 spiro atoms. The Hall–Kier alpha value is -7.16. The Labute approximate surface area is 831 Å². The molecule has 0 amide bonds. The van der Waals surface area contributed by atoms with Crippen LogP contribution in [-0.2, 0) is 63.6 Å². The van der Waals surface area contributed by atoms with E-state index in [0.29, 0.717) is 25.7 Å². The number of piperidine rings is 4. The summed E-state index contributed by atoms with van der Waals surface area (Å²) in [6.07, 6.45) is -39.5. The van der Waals surface area contributed by atoms with Crippen molar-refractivity contribution in [2.75, 3.05) is 109 Å². The zero-order valence-corrected chi connectivity index (χ0v) is 66.7. The molecule has 120 heavy (non-hydrogen) atoms. The second-order valence-electron chi connectivity index (χ2n) is 27.6. The molecule has 20 atom stereocenters. The standard InChI is InChI=1S/4C24H38N2O4/c4*1-14(2)9-17-13-26-8-7-16-10-21(28-5)22(29-6)11-18(16)19(26)12-20(17)30-24(27)23(25)15(3)4/h4*10-11,14-15,17,19-20,23H,7-9,12-13,25H2,1-6H3/t4*17?,19?,20?,23-/m0000/s1/i1D3,3D3,4D3,5D3,7D2,8D2,9D2,14D,15D,20D,23D;1D3,3D3,4D3,7D2,8D2,9D2,14D,15D,20D,23D;1D3,3D3,4D3,5D3,7D2,8D2,9D2,14D,15D,23D;1D3,3D3,4D3,7D2,8D2,9D2,14D,15D,23D/t4*14?,17?,19?,20?,23-. The number of fused-ring (bicyclic) bond motifs is 12. The fourth-order valence-electron chi connectivity index (χ4n) is 14.0. The molecule has 24 nitrogen and oxygen atoms in total. The number of esters is 4. The Kier molecular flexibility index (Phi) is 12.8. The number of hydrogen-bond donors (Lipinski definition) is 4. The van der Waals surface area contributed by atoms with E-state index in [2.05, 4.69) is 0 Å². The van der Waals surface area contributed by atoms with Gasteiger partial charge in [0.2, 0.25) is 0 Å². The molecule has 4 fully saturated rings. The Morgan fingerprint density at radius 2 is 0.600 bits per heavy atom. The van der Waals surface area contributed by atoms with Gasteiger partial charge in [-0.2, -0.15) is 0 Å². The third-order valence-corrected chi connectivity index (χ3v) is 19.7. The fourth-order valence-corrected chi connectivity index (χ4v) is 14.0. The summed E-state index contributed by atoms with van der Waals surface area (Å²) in [5.41, 5.74) is 20.8. The van der Waals surface area contributed by atoms with Crippen molar-refractivity contribution in [2.24, 2.45) is 93.8 Å². The first-order valence-corrected chi connectivity index (χ1v) is 36.3. The van der Waals surface area contributed by atoms with Crippen LogP contribution in [0.4, 0.5) is 0 Å². The van der Waals surface area contributed by atoms with Gasteiger partial charge in [0, 0.05) is 219 Å². The van der Waals surface area contributed by atoms with Gasteiger partial charge < -0.3 is 79.8 Å². The third kappa shape index (κ3) is 23.8. The van der Waals surface area contributed by atoms with E-state index in [0.717, 1.165) is 66.2 Å². The van der Waals surface area contributed by atoms with Crippen LogP contribution in [0, 0.1) is 70.8 Å². The molecule has 0 aliphatic carbocycles. The molecular weight excluding hydrogens is 1520 g/mol. The van der Waals surface area contributed by atoms with Crippen LogP contribution in [-0.4, -0.2) is 201 Å². The maximum Gasteiger partial charge on any atom is 0.323 e. The van der Waals surface area contributed by atoms with E-state index in [4.69, 9.17) is 187 Å². The number of rotatable bonds is 28. The van der Waals surface area contributed by atoms with Gasteiger partial charge in [0.1, 0.15) is 48.4 Å². The number of nitrogens with zero attached hydrogens (tertiary/aromatic N) is 4. The molecule has 4 saturated heterocycles. The molecule has 8 aliphatic heterocycles. The quantitative estimate of drug-likeness (QED) is 0.0303. The van der Waals surface area contributed by atoms with Crippen LogP contribution in [0.1, 0.15) is 339 Å². The van der Waals surface area contributed by atoms with Gasteiger partial charge in [-0.25, -0.2) is 0 Å². The lowest BCUT2D eigenvalue weighted by Crippen LogP contribution is -2.51. The van der Waals surface area contributed by atoms with Crippen molar-refractivity contribution >= 4 is 23.9 Å². The zero-order valence-electron chi connectivity index (χ0n) is 147. The summed E-state index contributed by atoms with van der Waals surface area (Å²) < 4.78 is 719. The SMILES string of the molecule is [2H]C([2H])([2H])C([2H])(C)C([2H])([2H])C1CN2C(CC1OC(=O)[C@@]([2H])(N)C([2H])(C([2H])([2H])[2H])C([2H])([2H])[2H])c1cc(OC)c(OC)cc1C([2H])([2H])C2([2H])[2H].[2H]C([2H])([2H])Oc1cc2c(cc1OC)C1CC(OC(=O)[C@@]([2H])(N)C([2H])(C([2H])([2H])[2H])C([2H])([2H])[2H])C(C([2H])([2H])C([2H])(C)C([2H])([2H])[2H])CN1C([2H])([2H])C2([2H])[2H].[2H]C([2H])([2H])Oc1cc2c(cc1OC)C1CC([2H])(OC(=O)[C@@]([2H])(N)C([2H])(C([2H])([2H])[2H])C([2H])([2H])[2H])C(C([2H])([2H])C([2H])(C)C([2H])([2H])[2H])CN1C([2H])([2H])C2([2H])[2H].[2H]C1(OC(=O)[C@@]([2H])(N)C([2H])(C([2H])([2H])[2H])C([2H])([2H])[2H])CC2c3cc(OC)c(OC)cc3C([2H])([2H])C([2H])([2H])N2CC1C([2H])([2H])C([2H])(C)C([2H])([2H])[2H]. The van der Waals surface area contributed by atoms with Gasteiger partial charge in [-0.15, -0.1) is 0 Å². The predicted molar refractivity (Wildman–Crippen MR) is 471 cm³/mol. The number of hydrogen-bond acceptors (Lipinski definition) is 24. The van der Waals surface area contributed by atoms with E-state index in [1.165, 1.54) is 46.6 Å². The first kappa shape index (κ1) is 35.0. The average Bonchev–Trinajstić information content (AvgIpc) is 0.684. The van der Waals surface area contributed by atoms with Crippen LogP contribution in [0.3, 0.4) is 0 Å². The highest BCUT2D eigenvalue weighted by Gasteiger charge is 2.47. The van der Waals surface area contributed by atoms with Crippen molar-refractivity contribution in [3.8, 4) is 46.0 Å². The molecule has 672 valence electrons. The monoisotopic (exact) mass is 1750 g/mol. The molecule has 4 aromatic rings. The van der Waals surface area contributed by atoms with Gasteiger partial charge in [-0.1, -0.05) is 110 Å². The highest BCUT2D eigenvalue weighted by atomic mass is 16.6. The van der Waals surface area contributed by atoms with Crippen molar-refractivity contribution in [2.45, 2.75) is 259 Å². The van der Waals surface area contributed by atoms with Crippen molar-refractivity contribution in [3.05, 3.63) is 93.0 Å². The second kappa shape index (κ2) is 43.9. The van der Waals surface area contributed by atoms with Gasteiger partial charge in [0.25, 0.3) is 0 Å². The summed E-state index contributed by atoms with van der Waals surface area (Å²) in [5, 5.41) is 0. The van der Waals surface area contributed by atoms with Gasteiger partial charge in [-0.3, -0.25) is 38.8 Å². The summed E-state index contributed by atoms with van der Waals surface area (Å²) >= 11 is 0. The van der Waals surface area contributed by atoms with Crippen molar-refractivity contribution in [1.82, 2.24) is 19.6 Å². The number of carbonyl (C=O) groups is 4. The van der Waals surface area contributed by atoms with Gasteiger partial charge >= 0.3 is 23.9 Å². The normalized spacial score (nSPS) is 44.6. The molecule has 12 rings (SSSR count). The Morgan fingerprint density at radius 3 is 0.850 bits per heavy atom. The number of aryl methyl sites for hydroxylation is 4. The maximum absolute atomic E-state index is 13.7. The largest absolute Gasteiger partial charge is 0.493 e. The zero-order chi connectivity index (χ0) is 157. The predicted octanol–water partition coefficient (Wildman–Crippen LogP) is 14.3. The van der Waals surface area contributed by atoms with Crippen molar-refractivity contribution < 1.29 is 186 Å². The van der Waals surface area contributed by atoms with Crippen LogP contribution in [0.15, 0.2) is 48.5 Å². The second-order valence-corrected chi connectivity index (χ2v) is 27.6. The number of nitrogens with two attached hydrogens (primary N) is 4. The first-order valence-electron chi connectivity index (χ1n) is 76.3. The number of carbonyl (C=O) groups excluding carboxylic acids is 4. The summed E-state index contributed by atoms with van der Waals surface area (Å²) in [6, 6.07) is -13.1. The number of ether oxygens (including phenoxy) is 12. The topological polar surface area (TPSA) is 296 Å². The highest BCUT2D eigenvalue weighted by Crippen LogP contribution is 2.50. The Morgan fingerprint density at radius 1 is 0.367 bits per heavy atom. The summed E-state index contributed by atoms with van der Waals surface area (Å²) in [4.78, 5) is 57.7. The minimum Gasteiger partial charge on any atom is -0.493 e. The van der Waals surface area contributed by atoms with E-state index in [9.17, 15) is 21.9 Å². The van der Waals surface area contributed by atoms with Gasteiger partial charge in [-0.05, 0) is 191 Å². The molecule has 0 bridgehead atoms. The molecule has 0 radical (unpaired) electrons. The molecule has 8 heterocycles. The van der Waals surface area contributed by atoms with Crippen molar-refractivity contribution in [1.29, 1.82) is 0 Å². The molecule has 4 aromatic carbocycles. The van der Waals surface area contributed by atoms with E-state index in [1.54, 1.807) is 0 Å². The fraction of sp³-hybridized carbons (Fsp3) is 0.708. The van der Waals surface area contributed by atoms with E-state index >= 15 is 0 Å². The minimum atomic E-state index is -4.14. The number of benzene rings is 4. The van der Waals surface area contributed by atoms with Crippen LogP contribution in [0.25, 0.3) is 0 Å². The van der Waals surface area contributed by atoms with Gasteiger partial charge in [0.15, 0.2) is 46.0 Å². The van der Waals surface area contributed by atoms with Crippen molar-refractivity contribution in [3.63, 3.8) is 0 Å². The molecule has 16 unspecified atom stereocenters. The molecule has 24 heteroatoms. The molecule has 8 N–H and O–H groups in total. The highest BCUT2D eigenvalue weighted by molar-refractivity contribution is 5.77. The van der Waals surface area contributed by atoms with Gasteiger partial charge in [0.05, 0.1) is 73.2 Å². The summed E-state index contributed by atoms with van der Waals surface area (Å²) in [6.45, 7) is -59.0. The van der Waals surface area contributed by atoms with Crippen LogP contribution in [0.5, 0.6) is 46.0 Å². The minimum absolute atomic E-state index is 0.00658. The third-order valence-electron chi connectivity index (χ3n) is 19.7. The Balaban J connectivity index is 0.000000289. The summed E-state index contributed by atoms with van der Waals surface area (Å²) in [7, 11) is 1.03. The van der Waals surface area contributed by atoms with Crippen LogP contribution < -0.4 is 60.8 Å². The maximum atomic E-state index is 13.7. The lowest BCUT2D eigenvalue weighted by atomic mass is 9.79. The first-order chi connectivity index (χ1) is 87.8. The molecule has 0 aromatic heterocycles. The van der Waals surface area contributed by atoms with Crippen LogP contribution >= 0.6 is 0 Å². The lowest BCUT2D eigenvalue weighted by Gasteiger charge is -2.47. The Bertz CT molecular complexity index is 7600. The number of methoxy groups -OCH3 is 8. The van der Waals surface area contributed by atoms with Crippen LogP contribution in [0.2, 0.25) is 0 Å². The smallest absolute Gasteiger partial charge is 0.323 e. The molecule has 0 saturated carbocycles. The average molecular weight is 1750 g/mol. The summed E-state index contributed by atoms with van der Waals surface area (Å²) in [5.74, 6) is -48.1. The van der Waals surface area contributed by atoms with E-state index < -0.39 is 415 Å². The van der Waals surface area contributed by atoms with E-state index in [-0.39, 0.29) is 67.9 Å². The van der Waals surface area contributed by atoms with E-state index in [1.807, 2.05) is 0 Å². The molecule has 8 aliphatic rings. The lowest BCUT2D eigenvalue weighted by molar-refractivity contribution is -0.161.